The van der Waals surface area contributed by atoms with Crippen molar-refractivity contribution in [2.45, 2.75) is 32.0 Å². The van der Waals surface area contributed by atoms with Gasteiger partial charge < -0.3 is 24.3 Å². The smallest absolute Gasteiger partial charge is 0.203 e. The molecule has 148 valence electrons. The molecular weight excluding hydrogens is 358 g/mol. The Balaban J connectivity index is 1.88. The minimum atomic E-state index is -0.544. The van der Waals surface area contributed by atoms with Crippen LogP contribution in [-0.4, -0.2) is 38.4 Å². The van der Waals surface area contributed by atoms with Crippen molar-refractivity contribution in [1.82, 2.24) is 5.32 Å². The third-order valence-electron chi connectivity index (χ3n) is 4.95. The number of aldehydes is 1. The Hall–Kier alpha value is -2.86. The van der Waals surface area contributed by atoms with Crippen LogP contribution in [0.2, 0.25) is 0 Å². The summed E-state index contributed by atoms with van der Waals surface area (Å²) < 4.78 is 16.8. The van der Waals surface area contributed by atoms with E-state index in [0.29, 0.717) is 35.8 Å². The Morgan fingerprint density at radius 3 is 2.36 bits per heavy atom. The fraction of sp³-hybridized carbons (Fsp3) is 0.364. The first kappa shape index (κ1) is 19.9. The zero-order valence-corrected chi connectivity index (χ0v) is 16.3. The minimum absolute atomic E-state index is 0.112. The molecule has 3 atom stereocenters. The van der Waals surface area contributed by atoms with Crippen molar-refractivity contribution in [3.8, 4) is 17.2 Å². The standard InChI is InChI=1S/C22H25NO5/c1-14-9-17(12-24)20(23-14)21(25)16-10-18(26-2)22(19(11-16)27-3)28-13-15-7-5-4-6-8-15/h4-8,10-12,14,17,20,23H,9,13H2,1-3H3/t14-,17?,20?/m0/s1. The number of ketones is 1. The summed E-state index contributed by atoms with van der Waals surface area (Å²) in [6.45, 7) is 2.31. The summed E-state index contributed by atoms with van der Waals surface area (Å²) in [5.41, 5.74) is 1.42. The summed E-state index contributed by atoms with van der Waals surface area (Å²) in [6, 6.07) is 12.6. The highest BCUT2D eigenvalue weighted by Gasteiger charge is 2.37. The van der Waals surface area contributed by atoms with E-state index >= 15 is 0 Å². The van der Waals surface area contributed by atoms with Gasteiger partial charge in [0.05, 0.1) is 20.3 Å². The molecule has 2 aromatic rings. The second-order valence-electron chi connectivity index (χ2n) is 6.93. The number of methoxy groups -OCH3 is 2. The van der Waals surface area contributed by atoms with E-state index in [-0.39, 0.29) is 17.7 Å². The maximum Gasteiger partial charge on any atom is 0.203 e. The van der Waals surface area contributed by atoms with Crippen LogP contribution in [0.3, 0.4) is 0 Å². The van der Waals surface area contributed by atoms with Gasteiger partial charge in [-0.2, -0.15) is 0 Å². The van der Waals surface area contributed by atoms with E-state index < -0.39 is 6.04 Å². The molecule has 6 heteroatoms. The number of hydrogen-bond donors (Lipinski definition) is 1. The monoisotopic (exact) mass is 383 g/mol. The predicted octanol–water partition coefficient (Wildman–Crippen LogP) is 3.03. The van der Waals surface area contributed by atoms with Crippen LogP contribution < -0.4 is 19.5 Å². The van der Waals surface area contributed by atoms with E-state index in [2.05, 4.69) is 5.32 Å². The lowest BCUT2D eigenvalue weighted by molar-refractivity contribution is -0.111. The van der Waals surface area contributed by atoms with Crippen molar-refractivity contribution in [3.05, 3.63) is 53.6 Å². The van der Waals surface area contributed by atoms with Crippen LogP contribution in [0.5, 0.6) is 17.2 Å². The molecule has 1 aliphatic rings. The predicted molar refractivity (Wildman–Crippen MR) is 105 cm³/mol. The fourth-order valence-corrected chi connectivity index (χ4v) is 3.52. The molecule has 0 spiro atoms. The molecule has 0 amide bonds. The molecule has 1 saturated heterocycles. The molecule has 3 rings (SSSR count). The topological polar surface area (TPSA) is 73.9 Å². The first-order valence-corrected chi connectivity index (χ1v) is 9.25. The first-order valence-electron chi connectivity index (χ1n) is 9.25. The van der Waals surface area contributed by atoms with Crippen molar-refractivity contribution < 1.29 is 23.8 Å². The summed E-state index contributed by atoms with van der Waals surface area (Å²) >= 11 is 0. The minimum Gasteiger partial charge on any atom is -0.493 e. The quantitative estimate of drug-likeness (QED) is 0.558. The van der Waals surface area contributed by atoms with Crippen molar-refractivity contribution in [2.75, 3.05) is 14.2 Å². The maximum absolute atomic E-state index is 13.0. The fourth-order valence-electron chi connectivity index (χ4n) is 3.52. The molecular formula is C22H25NO5. The molecule has 0 bridgehead atoms. The van der Waals surface area contributed by atoms with E-state index in [4.69, 9.17) is 14.2 Å². The van der Waals surface area contributed by atoms with E-state index in [0.717, 1.165) is 11.8 Å². The van der Waals surface area contributed by atoms with Gasteiger partial charge in [0, 0.05) is 17.5 Å². The molecule has 0 aliphatic carbocycles. The van der Waals surface area contributed by atoms with E-state index in [1.165, 1.54) is 14.2 Å². The Kier molecular flexibility index (Phi) is 6.31. The third kappa shape index (κ3) is 4.17. The molecule has 2 unspecified atom stereocenters. The highest BCUT2D eigenvalue weighted by atomic mass is 16.5. The summed E-state index contributed by atoms with van der Waals surface area (Å²) in [6.07, 6.45) is 1.50. The summed E-state index contributed by atoms with van der Waals surface area (Å²) in [5, 5.41) is 3.20. The SMILES string of the molecule is COc1cc(C(=O)C2N[C@@H](C)CC2C=O)cc(OC)c1OCc1ccccc1. The molecule has 1 fully saturated rings. The zero-order valence-electron chi connectivity index (χ0n) is 16.3. The van der Waals surface area contributed by atoms with Crippen molar-refractivity contribution in [3.63, 3.8) is 0 Å². The molecule has 0 aromatic heterocycles. The normalized spacial score (nSPS) is 21.2. The Morgan fingerprint density at radius 2 is 1.79 bits per heavy atom. The number of benzene rings is 2. The van der Waals surface area contributed by atoms with Crippen molar-refractivity contribution in [2.24, 2.45) is 5.92 Å². The lowest BCUT2D eigenvalue weighted by Gasteiger charge is -2.18. The van der Waals surface area contributed by atoms with Gasteiger partial charge in [-0.15, -0.1) is 0 Å². The van der Waals surface area contributed by atoms with Gasteiger partial charge in [-0.25, -0.2) is 0 Å². The first-order chi connectivity index (χ1) is 13.6. The number of ether oxygens (including phenoxy) is 3. The highest BCUT2D eigenvalue weighted by molar-refractivity contribution is 6.03. The largest absolute Gasteiger partial charge is 0.493 e. The van der Waals surface area contributed by atoms with Crippen molar-refractivity contribution >= 4 is 12.1 Å². The molecule has 2 aromatic carbocycles. The van der Waals surface area contributed by atoms with Gasteiger partial charge in [-0.3, -0.25) is 4.79 Å². The Morgan fingerprint density at radius 1 is 1.14 bits per heavy atom. The molecule has 28 heavy (non-hydrogen) atoms. The molecule has 1 N–H and O–H groups in total. The molecule has 1 aliphatic heterocycles. The lowest BCUT2D eigenvalue weighted by Crippen LogP contribution is -2.38. The number of Topliss-reactive ketones (excluding diaryl/α,β-unsaturated/α-hetero) is 1. The van der Waals surface area contributed by atoms with Gasteiger partial charge in [-0.1, -0.05) is 30.3 Å². The van der Waals surface area contributed by atoms with Gasteiger partial charge in [0.15, 0.2) is 17.3 Å². The van der Waals surface area contributed by atoms with E-state index in [9.17, 15) is 9.59 Å². The zero-order chi connectivity index (χ0) is 20.1. The Labute approximate surface area is 164 Å². The molecule has 1 heterocycles. The second kappa shape index (κ2) is 8.89. The number of rotatable bonds is 8. The van der Waals surface area contributed by atoms with Crippen LogP contribution in [0.4, 0.5) is 0 Å². The average Bonchev–Trinajstić information content (AvgIpc) is 3.12. The van der Waals surface area contributed by atoms with Gasteiger partial charge in [0.1, 0.15) is 12.9 Å². The number of carbonyl (C=O) groups excluding carboxylic acids is 2. The highest BCUT2D eigenvalue weighted by Crippen LogP contribution is 2.40. The maximum atomic E-state index is 13.0. The molecule has 0 radical (unpaired) electrons. The third-order valence-corrected chi connectivity index (χ3v) is 4.95. The Bertz CT molecular complexity index is 811. The van der Waals surface area contributed by atoms with Crippen LogP contribution in [0.15, 0.2) is 42.5 Å². The number of nitrogens with one attached hydrogen (secondary N) is 1. The van der Waals surface area contributed by atoms with Gasteiger partial charge in [0.2, 0.25) is 5.75 Å². The average molecular weight is 383 g/mol. The number of carbonyl (C=O) groups is 2. The van der Waals surface area contributed by atoms with Crippen LogP contribution in [-0.2, 0) is 11.4 Å². The van der Waals surface area contributed by atoms with Gasteiger partial charge in [-0.05, 0) is 31.0 Å². The van der Waals surface area contributed by atoms with Crippen LogP contribution in [0.25, 0.3) is 0 Å². The van der Waals surface area contributed by atoms with Crippen LogP contribution >= 0.6 is 0 Å². The second-order valence-corrected chi connectivity index (χ2v) is 6.93. The molecule has 0 saturated carbocycles. The summed E-state index contributed by atoms with van der Waals surface area (Å²) in [4.78, 5) is 24.4. The van der Waals surface area contributed by atoms with Crippen molar-refractivity contribution in [1.29, 1.82) is 0 Å². The van der Waals surface area contributed by atoms with Gasteiger partial charge in [0.25, 0.3) is 0 Å². The summed E-state index contributed by atoms with van der Waals surface area (Å²) in [7, 11) is 3.03. The number of hydrogen-bond acceptors (Lipinski definition) is 6. The van der Waals surface area contributed by atoms with Gasteiger partial charge >= 0.3 is 0 Å². The van der Waals surface area contributed by atoms with Crippen LogP contribution in [0, 0.1) is 5.92 Å². The summed E-state index contributed by atoms with van der Waals surface area (Å²) in [5.74, 6) is 0.755. The molecule has 6 nitrogen and oxygen atoms in total. The van der Waals surface area contributed by atoms with E-state index in [1.54, 1.807) is 12.1 Å². The van der Waals surface area contributed by atoms with Crippen LogP contribution in [0.1, 0.15) is 29.3 Å². The lowest BCUT2D eigenvalue weighted by atomic mass is 9.93. The van der Waals surface area contributed by atoms with E-state index in [1.807, 2.05) is 37.3 Å².